The quantitative estimate of drug-likeness (QED) is 0.795. The SMILES string of the molecule is Cc1ccncc1CNCCc1cccnc1. The number of rotatable bonds is 5. The Morgan fingerprint density at radius 3 is 2.76 bits per heavy atom. The third-order valence-electron chi connectivity index (χ3n) is 2.78. The molecule has 0 spiro atoms. The molecule has 0 fully saturated rings. The first kappa shape index (κ1) is 11.7. The maximum Gasteiger partial charge on any atom is 0.0315 e. The lowest BCUT2D eigenvalue weighted by molar-refractivity contribution is 0.682. The minimum atomic E-state index is 0.875. The summed E-state index contributed by atoms with van der Waals surface area (Å²) in [6.07, 6.45) is 8.47. The summed E-state index contributed by atoms with van der Waals surface area (Å²) >= 11 is 0. The Labute approximate surface area is 102 Å². The highest BCUT2D eigenvalue weighted by atomic mass is 14.8. The van der Waals surface area contributed by atoms with Gasteiger partial charge in [-0.2, -0.15) is 0 Å². The first-order chi connectivity index (χ1) is 8.36. The molecule has 0 saturated carbocycles. The van der Waals surface area contributed by atoms with Crippen LogP contribution in [0, 0.1) is 6.92 Å². The van der Waals surface area contributed by atoms with Crippen molar-refractivity contribution >= 4 is 0 Å². The van der Waals surface area contributed by atoms with E-state index in [1.165, 1.54) is 16.7 Å². The van der Waals surface area contributed by atoms with Crippen molar-refractivity contribution < 1.29 is 0 Å². The largest absolute Gasteiger partial charge is 0.312 e. The Kier molecular flexibility index (Phi) is 4.22. The number of nitrogens with one attached hydrogen (secondary N) is 1. The number of hydrogen-bond donors (Lipinski definition) is 1. The summed E-state index contributed by atoms with van der Waals surface area (Å²) in [6.45, 7) is 3.94. The van der Waals surface area contributed by atoms with Crippen LogP contribution in [0.25, 0.3) is 0 Å². The van der Waals surface area contributed by atoms with Crippen molar-refractivity contribution in [1.82, 2.24) is 15.3 Å². The lowest BCUT2D eigenvalue weighted by Gasteiger charge is -2.06. The van der Waals surface area contributed by atoms with E-state index in [4.69, 9.17) is 0 Å². The van der Waals surface area contributed by atoms with Gasteiger partial charge in [0.1, 0.15) is 0 Å². The van der Waals surface area contributed by atoms with Crippen LogP contribution in [-0.2, 0) is 13.0 Å². The average Bonchev–Trinajstić information content (AvgIpc) is 2.38. The molecule has 3 nitrogen and oxygen atoms in total. The standard InChI is InChI=1S/C14H17N3/c1-12-4-7-16-10-14(12)11-17-8-5-13-3-2-6-15-9-13/h2-4,6-7,9-10,17H,5,8,11H2,1H3. The molecular weight excluding hydrogens is 210 g/mol. The first-order valence-electron chi connectivity index (χ1n) is 5.85. The highest BCUT2D eigenvalue weighted by molar-refractivity contribution is 5.21. The molecule has 0 aromatic carbocycles. The van der Waals surface area contributed by atoms with Gasteiger partial charge in [0.15, 0.2) is 0 Å². The summed E-state index contributed by atoms with van der Waals surface area (Å²) in [5, 5.41) is 3.42. The van der Waals surface area contributed by atoms with Gasteiger partial charge in [-0.1, -0.05) is 6.07 Å². The number of nitrogens with zero attached hydrogens (tertiary/aromatic N) is 2. The molecule has 2 aromatic heterocycles. The van der Waals surface area contributed by atoms with Crippen molar-refractivity contribution in [2.45, 2.75) is 19.9 Å². The van der Waals surface area contributed by atoms with Gasteiger partial charge in [-0.15, -0.1) is 0 Å². The van der Waals surface area contributed by atoms with E-state index in [0.717, 1.165) is 19.5 Å². The van der Waals surface area contributed by atoms with Crippen LogP contribution in [0.3, 0.4) is 0 Å². The van der Waals surface area contributed by atoms with Crippen LogP contribution in [0.4, 0.5) is 0 Å². The molecule has 2 aromatic rings. The molecule has 88 valence electrons. The summed E-state index contributed by atoms with van der Waals surface area (Å²) < 4.78 is 0. The van der Waals surface area contributed by atoms with Crippen LogP contribution in [0.5, 0.6) is 0 Å². The molecule has 1 N–H and O–H groups in total. The van der Waals surface area contributed by atoms with Crippen molar-refractivity contribution in [3.8, 4) is 0 Å². The molecule has 0 aliphatic rings. The summed E-state index contributed by atoms with van der Waals surface area (Å²) in [5.41, 5.74) is 3.82. The van der Waals surface area contributed by atoms with Gasteiger partial charge in [0.2, 0.25) is 0 Å². The van der Waals surface area contributed by atoms with Crippen molar-refractivity contribution in [2.75, 3.05) is 6.54 Å². The lowest BCUT2D eigenvalue weighted by atomic mass is 10.1. The van der Waals surface area contributed by atoms with Gasteiger partial charge in [0, 0.05) is 31.3 Å². The maximum atomic E-state index is 4.13. The monoisotopic (exact) mass is 227 g/mol. The Bertz CT molecular complexity index is 454. The van der Waals surface area contributed by atoms with Gasteiger partial charge < -0.3 is 5.32 Å². The topological polar surface area (TPSA) is 37.8 Å². The molecule has 0 saturated heterocycles. The molecule has 2 rings (SSSR count). The van der Waals surface area contributed by atoms with Crippen molar-refractivity contribution in [2.24, 2.45) is 0 Å². The van der Waals surface area contributed by atoms with Crippen molar-refractivity contribution in [1.29, 1.82) is 0 Å². The number of hydrogen-bond acceptors (Lipinski definition) is 3. The predicted octanol–water partition coefficient (Wildman–Crippen LogP) is 2.12. The molecule has 0 atom stereocenters. The van der Waals surface area contributed by atoms with E-state index in [1.807, 2.05) is 30.7 Å². The molecule has 0 aliphatic carbocycles. The van der Waals surface area contributed by atoms with E-state index in [9.17, 15) is 0 Å². The number of pyridine rings is 2. The normalized spacial score (nSPS) is 10.4. The van der Waals surface area contributed by atoms with E-state index in [-0.39, 0.29) is 0 Å². The van der Waals surface area contributed by atoms with Crippen LogP contribution in [0.1, 0.15) is 16.7 Å². The second-order valence-electron chi connectivity index (χ2n) is 4.09. The fourth-order valence-electron chi connectivity index (χ4n) is 1.68. The molecular formula is C14H17N3. The molecule has 0 unspecified atom stereocenters. The average molecular weight is 227 g/mol. The van der Waals surface area contributed by atoms with Gasteiger partial charge >= 0.3 is 0 Å². The molecule has 3 heteroatoms. The van der Waals surface area contributed by atoms with Gasteiger partial charge in [-0.25, -0.2) is 0 Å². The Morgan fingerprint density at radius 2 is 2.00 bits per heavy atom. The fourth-order valence-corrected chi connectivity index (χ4v) is 1.68. The summed E-state index contributed by atoms with van der Waals surface area (Å²) in [6, 6.07) is 6.11. The second kappa shape index (κ2) is 6.11. The summed E-state index contributed by atoms with van der Waals surface area (Å²) in [4.78, 5) is 8.23. The number of aromatic nitrogens is 2. The molecule has 0 bridgehead atoms. The first-order valence-corrected chi connectivity index (χ1v) is 5.85. The minimum Gasteiger partial charge on any atom is -0.312 e. The van der Waals surface area contributed by atoms with Crippen molar-refractivity contribution in [3.63, 3.8) is 0 Å². The summed E-state index contributed by atoms with van der Waals surface area (Å²) in [7, 11) is 0. The maximum absolute atomic E-state index is 4.13. The van der Waals surface area contributed by atoms with Crippen LogP contribution in [-0.4, -0.2) is 16.5 Å². The Hall–Kier alpha value is -1.74. The summed E-state index contributed by atoms with van der Waals surface area (Å²) in [5.74, 6) is 0. The number of aryl methyl sites for hydroxylation is 1. The van der Waals surface area contributed by atoms with Crippen LogP contribution in [0.2, 0.25) is 0 Å². The highest BCUT2D eigenvalue weighted by Crippen LogP contribution is 2.04. The smallest absolute Gasteiger partial charge is 0.0315 e. The van der Waals surface area contributed by atoms with Crippen LogP contribution in [0.15, 0.2) is 43.0 Å². The lowest BCUT2D eigenvalue weighted by Crippen LogP contribution is -2.17. The van der Waals surface area contributed by atoms with Crippen molar-refractivity contribution in [3.05, 3.63) is 59.7 Å². The minimum absolute atomic E-state index is 0.875. The van der Waals surface area contributed by atoms with Gasteiger partial charge in [-0.3, -0.25) is 9.97 Å². The fraction of sp³-hybridized carbons (Fsp3) is 0.286. The van der Waals surface area contributed by atoms with E-state index in [1.54, 1.807) is 6.20 Å². The Balaban J connectivity index is 1.76. The Morgan fingerprint density at radius 1 is 1.12 bits per heavy atom. The van der Waals surface area contributed by atoms with Crippen LogP contribution < -0.4 is 5.32 Å². The zero-order valence-corrected chi connectivity index (χ0v) is 10.1. The molecule has 17 heavy (non-hydrogen) atoms. The highest BCUT2D eigenvalue weighted by Gasteiger charge is 1.97. The molecule has 2 heterocycles. The van der Waals surface area contributed by atoms with Gasteiger partial charge in [-0.05, 0) is 48.7 Å². The zero-order valence-electron chi connectivity index (χ0n) is 10.1. The molecule has 0 amide bonds. The predicted molar refractivity (Wildman–Crippen MR) is 68.6 cm³/mol. The van der Waals surface area contributed by atoms with E-state index < -0.39 is 0 Å². The van der Waals surface area contributed by atoms with E-state index in [2.05, 4.69) is 28.3 Å². The van der Waals surface area contributed by atoms with Gasteiger partial charge in [0.25, 0.3) is 0 Å². The second-order valence-corrected chi connectivity index (χ2v) is 4.09. The van der Waals surface area contributed by atoms with Crippen LogP contribution >= 0.6 is 0 Å². The zero-order chi connectivity index (χ0) is 11.9. The third-order valence-corrected chi connectivity index (χ3v) is 2.78. The third kappa shape index (κ3) is 3.64. The molecule has 0 aliphatic heterocycles. The van der Waals surface area contributed by atoms with E-state index >= 15 is 0 Å². The molecule has 0 radical (unpaired) electrons. The van der Waals surface area contributed by atoms with Gasteiger partial charge in [0.05, 0.1) is 0 Å². The van der Waals surface area contributed by atoms with E-state index in [0.29, 0.717) is 0 Å².